The van der Waals surface area contributed by atoms with Gasteiger partial charge in [0.1, 0.15) is 12.4 Å². The van der Waals surface area contributed by atoms with E-state index in [1.54, 1.807) is 25.4 Å². The minimum Gasteiger partial charge on any atom is -0.489 e. The Morgan fingerprint density at radius 3 is 2.72 bits per heavy atom. The average Bonchev–Trinajstić information content (AvgIpc) is 2.35. The van der Waals surface area contributed by atoms with Crippen molar-refractivity contribution >= 4 is 11.6 Å². The number of hydrogen-bond donors (Lipinski definition) is 0. The van der Waals surface area contributed by atoms with Crippen molar-refractivity contribution in [2.75, 3.05) is 0 Å². The van der Waals surface area contributed by atoms with Crippen molar-refractivity contribution in [1.82, 2.24) is 4.57 Å². The zero-order valence-electron chi connectivity index (χ0n) is 10.3. The molecule has 1 aromatic heterocycles. The van der Waals surface area contributed by atoms with E-state index in [4.69, 9.17) is 16.3 Å². The van der Waals surface area contributed by atoms with Crippen LogP contribution in [0.4, 0.5) is 0 Å². The maximum absolute atomic E-state index is 11.4. The van der Waals surface area contributed by atoms with Crippen LogP contribution in [0.25, 0.3) is 0 Å². The summed E-state index contributed by atoms with van der Waals surface area (Å²) in [4.78, 5) is 11.4. The average molecular weight is 264 g/mol. The first-order valence-corrected chi connectivity index (χ1v) is 5.98. The second-order valence-electron chi connectivity index (χ2n) is 4.18. The normalized spacial score (nSPS) is 10.4. The summed E-state index contributed by atoms with van der Waals surface area (Å²) in [6.45, 7) is 2.30. The number of aryl methyl sites for hydroxylation is 2. The van der Waals surface area contributed by atoms with Crippen molar-refractivity contribution in [2.24, 2.45) is 7.05 Å². The van der Waals surface area contributed by atoms with Crippen LogP contribution in [0.2, 0.25) is 5.02 Å². The molecule has 18 heavy (non-hydrogen) atoms. The molecule has 0 aliphatic heterocycles. The van der Waals surface area contributed by atoms with E-state index in [1.165, 1.54) is 4.57 Å². The molecule has 0 bridgehead atoms. The van der Waals surface area contributed by atoms with Crippen molar-refractivity contribution in [2.45, 2.75) is 13.5 Å². The summed E-state index contributed by atoms with van der Waals surface area (Å²) in [5.41, 5.74) is 1.78. The maximum Gasteiger partial charge on any atom is 0.250 e. The Labute approximate surface area is 111 Å². The molecule has 94 valence electrons. The van der Waals surface area contributed by atoms with Gasteiger partial charge in [0.2, 0.25) is 0 Å². The van der Waals surface area contributed by atoms with Gasteiger partial charge in [-0.2, -0.15) is 0 Å². The summed E-state index contributed by atoms with van der Waals surface area (Å²) in [5.74, 6) is 0.748. The van der Waals surface area contributed by atoms with E-state index in [1.807, 2.05) is 25.1 Å². The number of rotatable bonds is 3. The topological polar surface area (TPSA) is 31.2 Å². The van der Waals surface area contributed by atoms with E-state index >= 15 is 0 Å². The first-order chi connectivity index (χ1) is 8.56. The third-order valence-corrected chi connectivity index (χ3v) is 3.13. The molecule has 2 rings (SSSR count). The highest BCUT2D eigenvalue weighted by Gasteiger charge is 2.00. The predicted octanol–water partition coefficient (Wildman–Crippen LogP) is 2.93. The number of benzene rings is 1. The van der Waals surface area contributed by atoms with E-state index in [0.717, 1.165) is 21.9 Å². The maximum atomic E-state index is 11.4. The molecule has 0 radical (unpaired) electrons. The van der Waals surface area contributed by atoms with Crippen LogP contribution in [-0.4, -0.2) is 4.57 Å². The molecule has 0 fully saturated rings. The van der Waals surface area contributed by atoms with Crippen LogP contribution in [-0.2, 0) is 13.7 Å². The zero-order valence-corrected chi connectivity index (χ0v) is 11.1. The van der Waals surface area contributed by atoms with E-state index in [9.17, 15) is 4.79 Å². The monoisotopic (exact) mass is 263 g/mol. The summed E-state index contributed by atoms with van der Waals surface area (Å²) >= 11 is 5.94. The van der Waals surface area contributed by atoms with Gasteiger partial charge < -0.3 is 9.30 Å². The van der Waals surface area contributed by atoms with Crippen LogP contribution in [0.3, 0.4) is 0 Å². The number of nitrogens with zero attached hydrogens (tertiary/aromatic N) is 1. The molecule has 0 N–H and O–H groups in total. The fourth-order valence-electron chi connectivity index (χ4n) is 1.55. The summed E-state index contributed by atoms with van der Waals surface area (Å²) in [6.07, 6.45) is 1.73. The fraction of sp³-hybridized carbons (Fsp3) is 0.214. The van der Waals surface area contributed by atoms with Gasteiger partial charge >= 0.3 is 0 Å². The van der Waals surface area contributed by atoms with E-state index < -0.39 is 0 Å². The lowest BCUT2D eigenvalue weighted by Gasteiger charge is -2.08. The van der Waals surface area contributed by atoms with E-state index in [-0.39, 0.29) is 5.56 Å². The molecular weight excluding hydrogens is 250 g/mol. The van der Waals surface area contributed by atoms with Crippen molar-refractivity contribution in [3.63, 3.8) is 0 Å². The molecule has 1 aromatic carbocycles. The van der Waals surface area contributed by atoms with Gasteiger partial charge in [-0.3, -0.25) is 4.79 Å². The van der Waals surface area contributed by atoms with Gasteiger partial charge in [0.15, 0.2) is 0 Å². The Balaban J connectivity index is 2.09. The van der Waals surface area contributed by atoms with Gasteiger partial charge in [-0.1, -0.05) is 11.6 Å². The molecule has 1 heterocycles. The minimum atomic E-state index is -0.0385. The van der Waals surface area contributed by atoms with Crippen molar-refractivity contribution in [3.05, 3.63) is 63.0 Å². The quantitative estimate of drug-likeness (QED) is 0.853. The lowest BCUT2D eigenvalue weighted by Crippen LogP contribution is -2.15. The Morgan fingerprint density at radius 1 is 1.28 bits per heavy atom. The number of aromatic nitrogens is 1. The van der Waals surface area contributed by atoms with Crippen molar-refractivity contribution in [1.29, 1.82) is 0 Å². The fourth-order valence-corrected chi connectivity index (χ4v) is 1.67. The van der Waals surface area contributed by atoms with E-state index in [0.29, 0.717) is 6.61 Å². The van der Waals surface area contributed by atoms with Gasteiger partial charge in [-0.25, -0.2) is 0 Å². The van der Waals surface area contributed by atoms with Crippen LogP contribution in [0.15, 0.2) is 41.3 Å². The molecule has 0 aliphatic carbocycles. The predicted molar refractivity (Wildman–Crippen MR) is 72.2 cm³/mol. The molecule has 0 amide bonds. The van der Waals surface area contributed by atoms with E-state index in [2.05, 4.69) is 0 Å². The molecular formula is C14H14ClNO2. The Morgan fingerprint density at radius 2 is 2.06 bits per heavy atom. The van der Waals surface area contributed by atoms with Gasteiger partial charge in [0.05, 0.1) is 0 Å². The molecule has 3 nitrogen and oxygen atoms in total. The van der Waals surface area contributed by atoms with Crippen LogP contribution in [0.5, 0.6) is 5.75 Å². The second-order valence-corrected chi connectivity index (χ2v) is 4.59. The standard InChI is InChI=1S/C14H14ClNO2/c1-10-7-12(3-4-13(10)15)18-9-11-5-6-16(2)14(17)8-11/h3-8H,9H2,1-2H3. The van der Waals surface area contributed by atoms with Crippen LogP contribution in [0, 0.1) is 6.92 Å². The summed E-state index contributed by atoms with van der Waals surface area (Å²) in [6, 6.07) is 8.93. The highest BCUT2D eigenvalue weighted by molar-refractivity contribution is 6.31. The molecule has 0 saturated heterocycles. The molecule has 0 atom stereocenters. The molecule has 4 heteroatoms. The first-order valence-electron chi connectivity index (χ1n) is 5.61. The number of ether oxygens (including phenoxy) is 1. The Hall–Kier alpha value is -1.74. The highest BCUT2D eigenvalue weighted by atomic mass is 35.5. The highest BCUT2D eigenvalue weighted by Crippen LogP contribution is 2.21. The van der Waals surface area contributed by atoms with Crippen molar-refractivity contribution < 1.29 is 4.74 Å². The smallest absolute Gasteiger partial charge is 0.250 e. The summed E-state index contributed by atoms with van der Waals surface area (Å²) in [7, 11) is 1.72. The third-order valence-electron chi connectivity index (χ3n) is 2.70. The van der Waals surface area contributed by atoms with Crippen molar-refractivity contribution in [3.8, 4) is 5.75 Å². The van der Waals surface area contributed by atoms with Gasteiger partial charge in [0.25, 0.3) is 5.56 Å². The largest absolute Gasteiger partial charge is 0.489 e. The number of pyridine rings is 1. The summed E-state index contributed by atoms with van der Waals surface area (Å²) in [5, 5.41) is 0.718. The van der Waals surface area contributed by atoms with Crippen LogP contribution >= 0.6 is 11.6 Å². The van der Waals surface area contributed by atoms with Crippen LogP contribution in [0.1, 0.15) is 11.1 Å². The molecule has 0 spiro atoms. The molecule has 0 saturated carbocycles. The Kier molecular flexibility index (Phi) is 3.72. The summed E-state index contributed by atoms with van der Waals surface area (Å²) < 4.78 is 7.14. The van der Waals surface area contributed by atoms with Gasteiger partial charge in [-0.05, 0) is 42.3 Å². The van der Waals surface area contributed by atoms with Crippen LogP contribution < -0.4 is 10.3 Å². The lowest BCUT2D eigenvalue weighted by atomic mass is 10.2. The van der Waals surface area contributed by atoms with Gasteiger partial charge in [0, 0.05) is 24.3 Å². The minimum absolute atomic E-state index is 0.0385. The van der Waals surface area contributed by atoms with Gasteiger partial charge in [-0.15, -0.1) is 0 Å². The lowest BCUT2D eigenvalue weighted by molar-refractivity contribution is 0.305. The zero-order chi connectivity index (χ0) is 13.1. The molecule has 0 aliphatic rings. The third kappa shape index (κ3) is 2.93. The second kappa shape index (κ2) is 5.27. The first kappa shape index (κ1) is 12.7. The molecule has 2 aromatic rings. The SMILES string of the molecule is Cc1cc(OCc2ccn(C)c(=O)c2)ccc1Cl. The molecule has 0 unspecified atom stereocenters. The Bertz CT molecular complexity index is 619. The number of hydrogen-bond acceptors (Lipinski definition) is 2. The number of halogens is 1.